The van der Waals surface area contributed by atoms with Gasteiger partial charge < -0.3 is 19.3 Å². The molecule has 0 amide bonds. The predicted octanol–water partition coefficient (Wildman–Crippen LogP) is 1.82. The third-order valence-corrected chi connectivity index (χ3v) is 4.53. The van der Waals surface area contributed by atoms with E-state index < -0.39 is 0 Å². The first kappa shape index (κ1) is 15.4. The second-order valence-electron chi connectivity index (χ2n) is 6.06. The summed E-state index contributed by atoms with van der Waals surface area (Å²) in [5, 5.41) is 0. The Balaban J connectivity index is 1.59. The van der Waals surface area contributed by atoms with E-state index in [1.165, 1.54) is 0 Å². The lowest BCUT2D eigenvalue weighted by atomic mass is 10.1. The average molecular weight is 326 g/mol. The van der Waals surface area contributed by atoms with Crippen LogP contribution in [0.2, 0.25) is 0 Å². The second-order valence-corrected chi connectivity index (χ2v) is 6.06. The minimum absolute atomic E-state index is 0.776. The van der Waals surface area contributed by atoms with Crippen molar-refractivity contribution in [2.45, 2.75) is 0 Å². The maximum absolute atomic E-state index is 5.43. The number of nitrogens with zero attached hydrogens (tertiary/aromatic N) is 4. The van der Waals surface area contributed by atoms with E-state index in [4.69, 9.17) is 9.47 Å². The van der Waals surface area contributed by atoms with Crippen LogP contribution < -0.4 is 9.80 Å². The molecular formula is C18H22N4O2. The van der Waals surface area contributed by atoms with Crippen LogP contribution in [-0.2, 0) is 9.47 Å². The number of pyridine rings is 2. The molecule has 0 N–H and O–H groups in total. The molecule has 0 unspecified atom stereocenters. The maximum atomic E-state index is 5.43. The highest BCUT2D eigenvalue weighted by atomic mass is 16.5. The van der Waals surface area contributed by atoms with Gasteiger partial charge in [-0.1, -0.05) is 0 Å². The summed E-state index contributed by atoms with van der Waals surface area (Å²) in [5.74, 6) is 0. The number of aromatic nitrogens is 2. The zero-order valence-electron chi connectivity index (χ0n) is 13.7. The molecule has 4 rings (SSSR count). The third-order valence-electron chi connectivity index (χ3n) is 4.53. The van der Waals surface area contributed by atoms with Gasteiger partial charge in [-0.25, -0.2) is 0 Å². The first-order chi connectivity index (χ1) is 11.9. The van der Waals surface area contributed by atoms with Crippen LogP contribution in [0.15, 0.2) is 36.9 Å². The van der Waals surface area contributed by atoms with E-state index in [2.05, 4.69) is 31.9 Å². The standard InChI is InChI=1S/C18H22N4O2/c1-5-23-6-2-21(1)17-9-15(11-19-13-17)16-10-18(14-20-12-16)22-3-7-24-8-4-22/h9-14H,1-8H2. The quantitative estimate of drug-likeness (QED) is 0.857. The first-order valence-corrected chi connectivity index (χ1v) is 8.46. The lowest BCUT2D eigenvalue weighted by Crippen LogP contribution is -2.36. The van der Waals surface area contributed by atoms with E-state index in [0.717, 1.165) is 75.1 Å². The molecule has 2 aliphatic heterocycles. The minimum atomic E-state index is 0.776. The van der Waals surface area contributed by atoms with Crippen molar-refractivity contribution in [2.75, 3.05) is 62.4 Å². The van der Waals surface area contributed by atoms with Gasteiger partial charge in [-0.2, -0.15) is 0 Å². The normalized spacial score (nSPS) is 18.7. The third kappa shape index (κ3) is 3.34. The summed E-state index contributed by atoms with van der Waals surface area (Å²) in [7, 11) is 0. The van der Waals surface area contributed by atoms with Crippen molar-refractivity contribution < 1.29 is 9.47 Å². The van der Waals surface area contributed by atoms with Gasteiger partial charge in [0, 0.05) is 49.7 Å². The topological polar surface area (TPSA) is 50.7 Å². The number of rotatable bonds is 3. The Bertz CT molecular complexity index is 623. The van der Waals surface area contributed by atoms with E-state index in [1.54, 1.807) is 0 Å². The predicted molar refractivity (Wildman–Crippen MR) is 93.5 cm³/mol. The Morgan fingerprint density at radius 3 is 1.46 bits per heavy atom. The Labute approximate surface area is 142 Å². The molecule has 126 valence electrons. The van der Waals surface area contributed by atoms with E-state index >= 15 is 0 Å². The van der Waals surface area contributed by atoms with Crippen LogP contribution in [0.4, 0.5) is 11.4 Å². The van der Waals surface area contributed by atoms with Crippen LogP contribution in [0.25, 0.3) is 11.1 Å². The molecule has 2 saturated heterocycles. The van der Waals surface area contributed by atoms with Gasteiger partial charge >= 0.3 is 0 Å². The SMILES string of the molecule is c1ncc(N2CCOCC2)cc1-c1cncc(N2CCOCC2)c1. The van der Waals surface area contributed by atoms with Crippen molar-refractivity contribution in [3.05, 3.63) is 36.9 Å². The molecule has 24 heavy (non-hydrogen) atoms. The number of hydrogen-bond donors (Lipinski definition) is 0. The Morgan fingerprint density at radius 1 is 0.625 bits per heavy atom. The van der Waals surface area contributed by atoms with Crippen molar-refractivity contribution in [3.63, 3.8) is 0 Å². The fourth-order valence-corrected chi connectivity index (χ4v) is 3.16. The van der Waals surface area contributed by atoms with Gasteiger partial charge in [0.15, 0.2) is 0 Å². The summed E-state index contributed by atoms with van der Waals surface area (Å²) in [5.41, 5.74) is 4.49. The zero-order valence-corrected chi connectivity index (χ0v) is 13.7. The van der Waals surface area contributed by atoms with E-state index in [9.17, 15) is 0 Å². The minimum Gasteiger partial charge on any atom is -0.378 e. The van der Waals surface area contributed by atoms with Gasteiger partial charge in [0.2, 0.25) is 0 Å². The molecule has 0 radical (unpaired) electrons. The fraction of sp³-hybridized carbons (Fsp3) is 0.444. The second kappa shape index (κ2) is 7.15. The summed E-state index contributed by atoms with van der Waals surface area (Å²) in [6.07, 6.45) is 7.66. The van der Waals surface area contributed by atoms with E-state index in [-0.39, 0.29) is 0 Å². The molecular weight excluding hydrogens is 304 g/mol. The molecule has 4 heterocycles. The van der Waals surface area contributed by atoms with Crippen LogP contribution in [0.1, 0.15) is 0 Å². The smallest absolute Gasteiger partial charge is 0.0642 e. The summed E-state index contributed by atoms with van der Waals surface area (Å²) >= 11 is 0. The lowest BCUT2D eigenvalue weighted by Gasteiger charge is -2.29. The highest BCUT2D eigenvalue weighted by molar-refractivity contribution is 5.70. The molecule has 6 nitrogen and oxygen atoms in total. The lowest BCUT2D eigenvalue weighted by molar-refractivity contribution is 0.122. The molecule has 2 aromatic heterocycles. The van der Waals surface area contributed by atoms with Crippen molar-refractivity contribution in [1.29, 1.82) is 0 Å². The summed E-state index contributed by atoms with van der Waals surface area (Å²) < 4.78 is 10.9. The molecule has 0 aliphatic carbocycles. The number of ether oxygens (including phenoxy) is 2. The van der Waals surface area contributed by atoms with Crippen molar-refractivity contribution >= 4 is 11.4 Å². The van der Waals surface area contributed by atoms with Gasteiger partial charge in [-0.05, 0) is 12.1 Å². The van der Waals surface area contributed by atoms with Gasteiger partial charge in [-0.3, -0.25) is 9.97 Å². The molecule has 0 aromatic carbocycles. The molecule has 0 atom stereocenters. The average Bonchev–Trinajstić information content (AvgIpc) is 2.70. The van der Waals surface area contributed by atoms with Gasteiger partial charge in [0.1, 0.15) is 0 Å². The number of morpholine rings is 2. The van der Waals surface area contributed by atoms with Gasteiger partial charge in [-0.15, -0.1) is 0 Å². The van der Waals surface area contributed by atoms with Crippen LogP contribution in [0, 0.1) is 0 Å². The molecule has 2 aliphatic rings. The van der Waals surface area contributed by atoms with Crippen molar-refractivity contribution in [3.8, 4) is 11.1 Å². The largest absolute Gasteiger partial charge is 0.378 e. The molecule has 6 heteroatoms. The van der Waals surface area contributed by atoms with Gasteiger partial charge in [0.25, 0.3) is 0 Å². The Morgan fingerprint density at radius 2 is 1.04 bits per heavy atom. The molecule has 0 spiro atoms. The number of hydrogen-bond acceptors (Lipinski definition) is 6. The van der Waals surface area contributed by atoms with E-state index in [0.29, 0.717) is 0 Å². The zero-order chi connectivity index (χ0) is 16.2. The van der Waals surface area contributed by atoms with Crippen LogP contribution >= 0.6 is 0 Å². The molecule has 2 fully saturated rings. The number of anilines is 2. The van der Waals surface area contributed by atoms with Gasteiger partial charge in [0.05, 0.1) is 50.2 Å². The molecule has 0 bridgehead atoms. The summed E-state index contributed by atoms with van der Waals surface area (Å²) in [6, 6.07) is 4.39. The fourth-order valence-electron chi connectivity index (χ4n) is 3.16. The highest BCUT2D eigenvalue weighted by Crippen LogP contribution is 2.27. The Hall–Kier alpha value is -2.18. The van der Waals surface area contributed by atoms with Crippen LogP contribution in [-0.4, -0.2) is 62.6 Å². The monoisotopic (exact) mass is 326 g/mol. The summed E-state index contributed by atoms with van der Waals surface area (Å²) in [4.78, 5) is 13.5. The highest BCUT2D eigenvalue weighted by Gasteiger charge is 2.14. The Kier molecular flexibility index (Phi) is 4.57. The molecule has 2 aromatic rings. The maximum Gasteiger partial charge on any atom is 0.0642 e. The summed E-state index contributed by atoms with van der Waals surface area (Å²) in [6.45, 7) is 6.76. The van der Waals surface area contributed by atoms with Crippen LogP contribution in [0.5, 0.6) is 0 Å². The molecule has 0 saturated carbocycles. The van der Waals surface area contributed by atoms with Crippen molar-refractivity contribution in [2.24, 2.45) is 0 Å². The first-order valence-electron chi connectivity index (χ1n) is 8.46. The van der Waals surface area contributed by atoms with E-state index in [1.807, 2.05) is 24.8 Å². The van der Waals surface area contributed by atoms with Crippen LogP contribution in [0.3, 0.4) is 0 Å². The van der Waals surface area contributed by atoms with Crippen molar-refractivity contribution in [1.82, 2.24) is 9.97 Å².